The third-order valence-corrected chi connectivity index (χ3v) is 6.35. The molecule has 0 bridgehead atoms. The van der Waals surface area contributed by atoms with Crippen LogP contribution in [0.5, 0.6) is 0 Å². The lowest BCUT2D eigenvalue weighted by molar-refractivity contribution is 0.472. The second-order valence-corrected chi connectivity index (χ2v) is 9.50. The molecule has 2 aliphatic rings. The Hall–Kier alpha value is -2.09. The van der Waals surface area contributed by atoms with Gasteiger partial charge in [0.15, 0.2) is 11.5 Å². The summed E-state index contributed by atoms with van der Waals surface area (Å²) >= 11 is 1.55. The first-order chi connectivity index (χ1) is 13.0. The first-order valence-corrected chi connectivity index (χ1v) is 10.6. The number of hydrogen-bond donors (Lipinski definition) is 0. The summed E-state index contributed by atoms with van der Waals surface area (Å²) in [6, 6.07) is 4.09. The van der Waals surface area contributed by atoms with E-state index in [2.05, 4.69) is 46.3 Å². The standard InChI is InChI=1S/C19H25N7S/c1-19(2,3)14-6-7-15-21-22-17(26(15)23-14)13-8-10-25(11-9-13)18-20-16(24-27-18)12-4-5-12/h6-7,12-13H,4-5,8-11H2,1-3H3. The normalized spacial score (nSPS) is 19.1. The Morgan fingerprint density at radius 2 is 1.78 bits per heavy atom. The number of nitrogens with zero attached hydrogens (tertiary/aromatic N) is 7. The van der Waals surface area contributed by atoms with Crippen LogP contribution >= 0.6 is 11.5 Å². The fourth-order valence-corrected chi connectivity index (χ4v) is 4.45. The lowest BCUT2D eigenvalue weighted by Gasteiger charge is -2.30. The molecule has 0 spiro atoms. The summed E-state index contributed by atoms with van der Waals surface area (Å²) in [4.78, 5) is 7.13. The van der Waals surface area contributed by atoms with Crippen molar-refractivity contribution in [1.82, 2.24) is 29.2 Å². The Balaban J connectivity index is 1.34. The smallest absolute Gasteiger partial charge is 0.205 e. The van der Waals surface area contributed by atoms with Crippen LogP contribution in [0.15, 0.2) is 12.1 Å². The molecule has 0 atom stereocenters. The molecule has 1 aliphatic carbocycles. The van der Waals surface area contributed by atoms with Crippen LogP contribution in [0.2, 0.25) is 0 Å². The molecule has 0 N–H and O–H groups in total. The SMILES string of the molecule is CC(C)(C)c1ccc2nnc(C3CCN(c4nc(C5CC5)ns4)CC3)n2n1. The molecule has 0 unspecified atom stereocenters. The Morgan fingerprint density at radius 3 is 2.48 bits per heavy atom. The fraction of sp³-hybridized carbons (Fsp3) is 0.632. The molecule has 142 valence electrons. The molecule has 3 aromatic rings. The molecule has 1 saturated carbocycles. The van der Waals surface area contributed by atoms with Crippen LogP contribution in [0.4, 0.5) is 5.13 Å². The number of rotatable bonds is 3. The minimum absolute atomic E-state index is 0.0101. The van der Waals surface area contributed by atoms with Crippen molar-refractivity contribution >= 4 is 22.3 Å². The molecule has 8 heteroatoms. The van der Waals surface area contributed by atoms with E-state index in [1.54, 1.807) is 11.5 Å². The molecule has 0 radical (unpaired) electrons. The highest BCUT2D eigenvalue weighted by Crippen LogP contribution is 2.40. The Morgan fingerprint density at radius 1 is 1.00 bits per heavy atom. The lowest BCUT2D eigenvalue weighted by Crippen LogP contribution is -2.33. The van der Waals surface area contributed by atoms with Crippen molar-refractivity contribution in [1.29, 1.82) is 0 Å². The highest BCUT2D eigenvalue weighted by molar-refractivity contribution is 7.09. The molecule has 0 amide bonds. The average molecular weight is 384 g/mol. The second-order valence-electron chi connectivity index (χ2n) is 8.77. The number of hydrogen-bond acceptors (Lipinski definition) is 7. The van der Waals surface area contributed by atoms with E-state index in [1.807, 2.05) is 10.6 Å². The second kappa shape index (κ2) is 6.22. The predicted molar refractivity (Wildman–Crippen MR) is 106 cm³/mol. The zero-order valence-electron chi connectivity index (χ0n) is 16.1. The monoisotopic (exact) mass is 383 g/mol. The van der Waals surface area contributed by atoms with Crippen LogP contribution in [0.3, 0.4) is 0 Å². The first-order valence-electron chi connectivity index (χ1n) is 9.80. The van der Waals surface area contributed by atoms with E-state index in [9.17, 15) is 0 Å². The minimum atomic E-state index is 0.0101. The van der Waals surface area contributed by atoms with Gasteiger partial charge in [0.25, 0.3) is 0 Å². The van der Waals surface area contributed by atoms with Gasteiger partial charge in [-0.15, -0.1) is 10.2 Å². The van der Waals surface area contributed by atoms with Gasteiger partial charge in [-0.05, 0) is 37.8 Å². The summed E-state index contributed by atoms with van der Waals surface area (Å²) in [6.45, 7) is 8.51. The van der Waals surface area contributed by atoms with Crippen molar-refractivity contribution in [3.05, 3.63) is 29.5 Å². The zero-order valence-corrected chi connectivity index (χ0v) is 16.9. The van der Waals surface area contributed by atoms with Crippen LogP contribution in [0.25, 0.3) is 5.65 Å². The van der Waals surface area contributed by atoms with Crippen molar-refractivity contribution in [2.45, 2.75) is 63.7 Å². The molecule has 7 nitrogen and oxygen atoms in total. The maximum absolute atomic E-state index is 4.85. The van der Waals surface area contributed by atoms with E-state index in [4.69, 9.17) is 10.1 Å². The summed E-state index contributed by atoms with van der Waals surface area (Å²) in [5.74, 6) is 3.05. The van der Waals surface area contributed by atoms with Gasteiger partial charge in [0.2, 0.25) is 5.13 Å². The zero-order chi connectivity index (χ0) is 18.6. The summed E-state index contributed by atoms with van der Waals surface area (Å²) in [5, 5.41) is 14.7. The van der Waals surface area contributed by atoms with Crippen molar-refractivity contribution in [3.63, 3.8) is 0 Å². The maximum atomic E-state index is 4.85. The molecule has 27 heavy (non-hydrogen) atoms. The predicted octanol–water partition coefficient (Wildman–Crippen LogP) is 3.53. The summed E-state index contributed by atoms with van der Waals surface area (Å²) in [7, 11) is 0. The van der Waals surface area contributed by atoms with Gasteiger partial charge >= 0.3 is 0 Å². The molecule has 0 aromatic carbocycles. The van der Waals surface area contributed by atoms with Crippen molar-refractivity contribution in [3.8, 4) is 0 Å². The molecule has 4 heterocycles. The van der Waals surface area contributed by atoms with E-state index in [0.29, 0.717) is 11.8 Å². The van der Waals surface area contributed by atoms with Crippen LogP contribution in [0.1, 0.15) is 75.6 Å². The maximum Gasteiger partial charge on any atom is 0.205 e. The molecule has 5 rings (SSSR count). The summed E-state index contributed by atoms with van der Waals surface area (Å²) in [5.41, 5.74) is 1.91. The van der Waals surface area contributed by atoms with Gasteiger partial charge in [0.1, 0.15) is 5.82 Å². The van der Waals surface area contributed by atoms with Crippen LogP contribution < -0.4 is 4.90 Å². The van der Waals surface area contributed by atoms with Crippen molar-refractivity contribution in [2.75, 3.05) is 18.0 Å². The van der Waals surface area contributed by atoms with Gasteiger partial charge in [-0.3, -0.25) is 0 Å². The van der Waals surface area contributed by atoms with Gasteiger partial charge < -0.3 is 4.90 Å². The van der Waals surface area contributed by atoms with E-state index < -0.39 is 0 Å². The third kappa shape index (κ3) is 3.20. The highest BCUT2D eigenvalue weighted by Gasteiger charge is 2.31. The number of aromatic nitrogens is 6. The molecule has 2 fully saturated rings. The number of piperidine rings is 1. The number of fused-ring (bicyclic) bond motifs is 1. The highest BCUT2D eigenvalue weighted by atomic mass is 32.1. The summed E-state index contributed by atoms with van der Waals surface area (Å²) in [6.07, 6.45) is 4.59. The summed E-state index contributed by atoms with van der Waals surface area (Å²) < 4.78 is 6.50. The topological polar surface area (TPSA) is 72.1 Å². The van der Waals surface area contributed by atoms with Crippen LogP contribution in [-0.2, 0) is 5.41 Å². The van der Waals surface area contributed by atoms with E-state index in [0.717, 1.165) is 54.1 Å². The van der Waals surface area contributed by atoms with Gasteiger partial charge in [0, 0.05) is 41.9 Å². The van der Waals surface area contributed by atoms with Gasteiger partial charge in [-0.1, -0.05) is 20.8 Å². The van der Waals surface area contributed by atoms with E-state index >= 15 is 0 Å². The van der Waals surface area contributed by atoms with Crippen LogP contribution in [-0.4, -0.2) is 42.3 Å². The van der Waals surface area contributed by atoms with Crippen molar-refractivity contribution < 1.29 is 0 Å². The largest absolute Gasteiger partial charge is 0.347 e. The van der Waals surface area contributed by atoms with Gasteiger partial charge in [0.05, 0.1) is 5.69 Å². The van der Waals surface area contributed by atoms with E-state index in [-0.39, 0.29) is 5.41 Å². The molecule has 1 saturated heterocycles. The average Bonchev–Trinajstić information content (AvgIpc) is 3.24. The fourth-order valence-electron chi connectivity index (χ4n) is 3.65. The van der Waals surface area contributed by atoms with Gasteiger partial charge in [-0.2, -0.15) is 14.0 Å². The lowest BCUT2D eigenvalue weighted by atomic mass is 9.92. The third-order valence-electron chi connectivity index (χ3n) is 5.56. The Bertz CT molecular complexity index is 958. The van der Waals surface area contributed by atoms with Crippen LogP contribution in [0, 0.1) is 0 Å². The number of anilines is 1. The molecular weight excluding hydrogens is 358 g/mol. The quantitative estimate of drug-likeness (QED) is 0.689. The van der Waals surface area contributed by atoms with Crippen molar-refractivity contribution in [2.24, 2.45) is 0 Å². The molecule has 3 aromatic heterocycles. The first kappa shape index (κ1) is 17.0. The van der Waals surface area contributed by atoms with E-state index in [1.165, 1.54) is 12.8 Å². The Kier molecular flexibility index (Phi) is 3.93. The Labute approximate surface area is 163 Å². The minimum Gasteiger partial charge on any atom is -0.347 e. The molecular formula is C19H25N7S. The van der Waals surface area contributed by atoms with Gasteiger partial charge in [-0.25, -0.2) is 4.98 Å². The molecule has 1 aliphatic heterocycles.